The van der Waals surface area contributed by atoms with E-state index in [1.807, 2.05) is 24.3 Å². The zero-order valence-electron chi connectivity index (χ0n) is 11.7. The third kappa shape index (κ3) is 3.31. The number of hydrogen-bond acceptors (Lipinski definition) is 2. The molecule has 2 aromatic carbocycles. The van der Waals surface area contributed by atoms with Crippen LogP contribution in [0.3, 0.4) is 0 Å². The monoisotopic (exact) mass is 337 g/mol. The Hall–Kier alpha value is -1.55. The second kappa shape index (κ2) is 5.44. The molecule has 0 aliphatic rings. The molecule has 4 heteroatoms. The number of nitrogen functional groups attached to an aromatic ring is 1. The first kappa shape index (κ1) is 14.9. The number of nitrogens with two attached hydrogens (primary N) is 1. The molecule has 2 N–H and O–H groups in total. The summed E-state index contributed by atoms with van der Waals surface area (Å²) in [6, 6.07) is 10.5. The standard InChI is InChI=1S/C16H17BrFNO/c1-16(2,3)10-5-4-6-11(7-10)20-15-9-13(18)12(17)8-14(15)19/h4-9H,19H2,1-3H3. The van der Waals surface area contributed by atoms with E-state index in [2.05, 4.69) is 36.7 Å². The molecular formula is C16H17BrFNO. The quantitative estimate of drug-likeness (QED) is 0.758. The highest BCUT2D eigenvalue weighted by molar-refractivity contribution is 9.10. The first-order valence-electron chi connectivity index (χ1n) is 6.30. The maximum absolute atomic E-state index is 13.5. The molecule has 0 unspecified atom stereocenters. The maximum Gasteiger partial charge on any atom is 0.153 e. The molecule has 0 saturated heterocycles. The van der Waals surface area contributed by atoms with Crippen molar-refractivity contribution in [2.75, 3.05) is 5.73 Å². The Morgan fingerprint density at radius 2 is 1.85 bits per heavy atom. The molecule has 0 saturated carbocycles. The van der Waals surface area contributed by atoms with Gasteiger partial charge in [-0.15, -0.1) is 0 Å². The highest BCUT2D eigenvalue weighted by atomic mass is 79.9. The molecule has 0 aliphatic carbocycles. The van der Waals surface area contributed by atoms with Gasteiger partial charge in [0.05, 0.1) is 10.2 Å². The van der Waals surface area contributed by atoms with Crippen LogP contribution in [-0.2, 0) is 5.41 Å². The molecule has 106 valence electrons. The van der Waals surface area contributed by atoms with Crippen molar-refractivity contribution in [2.24, 2.45) is 0 Å². The maximum atomic E-state index is 13.5. The zero-order valence-corrected chi connectivity index (χ0v) is 13.3. The summed E-state index contributed by atoms with van der Waals surface area (Å²) in [6.07, 6.45) is 0. The summed E-state index contributed by atoms with van der Waals surface area (Å²) in [5, 5.41) is 0. The lowest BCUT2D eigenvalue weighted by atomic mass is 9.87. The summed E-state index contributed by atoms with van der Waals surface area (Å²) in [4.78, 5) is 0. The molecule has 0 heterocycles. The summed E-state index contributed by atoms with van der Waals surface area (Å²) < 4.78 is 19.6. The number of halogens is 2. The molecule has 0 aromatic heterocycles. The van der Waals surface area contributed by atoms with Crippen LogP contribution in [0.4, 0.5) is 10.1 Å². The van der Waals surface area contributed by atoms with Gasteiger partial charge < -0.3 is 10.5 Å². The van der Waals surface area contributed by atoms with Gasteiger partial charge in [0.2, 0.25) is 0 Å². The van der Waals surface area contributed by atoms with Crippen LogP contribution in [0.15, 0.2) is 40.9 Å². The van der Waals surface area contributed by atoms with Gasteiger partial charge in [-0.1, -0.05) is 32.9 Å². The molecular weight excluding hydrogens is 321 g/mol. The van der Waals surface area contributed by atoms with Crippen molar-refractivity contribution in [3.05, 3.63) is 52.3 Å². The normalized spacial score (nSPS) is 11.4. The molecule has 0 radical (unpaired) electrons. The Kier molecular flexibility index (Phi) is 4.04. The summed E-state index contributed by atoms with van der Waals surface area (Å²) in [5.74, 6) is 0.559. The molecule has 0 fully saturated rings. The number of rotatable bonds is 2. The minimum absolute atomic E-state index is 0.0237. The Morgan fingerprint density at radius 1 is 1.15 bits per heavy atom. The van der Waals surface area contributed by atoms with Crippen molar-refractivity contribution >= 4 is 21.6 Å². The van der Waals surface area contributed by atoms with Crippen molar-refractivity contribution in [1.82, 2.24) is 0 Å². The van der Waals surface area contributed by atoms with E-state index in [0.29, 0.717) is 21.7 Å². The number of anilines is 1. The predicted octanol–water partition coefficient (Wildman–Crippen LogP) is 5.26. The molecule has 0 aliphatic heterocycles. The van der Waals surface area contributed by atoms with Crippen LogP contribution in [0, 0.1) is 5.82 Å². The Balaban J connectivity index is 2.33. The van der Waals surface area contributed by atoms with Crippen LogP contribution in [0.1, 0.15) is 26.3 Å². The lowest BCUT2D eigenvalue weighted by Gasteiger charge is -2.20. The van der Waals surface area contributed by atoms with Crippen LogP contribution >= 0.6 is 15.9 Å². The minimum atomic E-state index is -0.402. The third-order valence-electron chi connectivity index (χ3n) is 2.98. The van der Waals surface area contributed by atoms with Gasteiger partial charge >= 0.3 is 0 Å². The Bertz CT molecular complexity index is 635. The van der Waals surface area contributed by atoms with Gasteiger partial charge in [0.25, 0.3) is 0 Å². The fraction of sp³-hybridized carbons (Fsp3) is 0.250. The lowest BCUT2D eigenvalue weighted by Crippen LogP contribution is -2.10. The lowest BCUT2D eigenvalue weighted by molar-refractivity contribution is 0.475. The second-order valence-electron chi connectivity index (χ2n) is 5.68. The van der Waals surface area contributed by atoms with Crippen LogP contribution in [0.25, 0.3) is 0 Å². The largest absolute Gasteiger partial charge is 0.455 e. The van der Waals surface area contributed by atoms with Crippen molar-refractivity contribution in [1.29, 1.82) is 0 Å². The Labute approximate surface area is 126 Å². The summed E-state index contributed by atoms with van der Waals surface area (Å²) in [7, 11) is 0. The number of ether oxygens (including phenoxy) is 1. The average molecular weight is 338 g/mol. The third-order valence-corrected chi connectivity index (χ3v) is 3.59. The van der Waals surface area contributed by atoms with E-state index < -0.39 is 5.82 Å². The van der Waals surface area contributed by atoms with Crippen molar-refractivity contribution in [3.63, 3.8) is 0 Å². The average Bonchev–Trinajstić information content (AvgIpc) is 2.35. The van der Waals surface area contributed by atoms with E-state index in [9.17, 15) is 4.39 Å². The van der Waals surface area contributed by atoms with E-state index in [1.54, 1.807) is 0 Å². The highest BCUT2D eigenvalue weighted by Gasteiger charge is 2.15. The first-order chi connectivity index (χ1) is 9.27. The van der Waals surface area contributed by atoms with Gasteiger partial charge in [0.15, 0.2) is 5.75 Å². The summed E-state index contributed by atoms with van der Waals surface area (Å²) in [5.41, 5.74) is 7.40. The van der Waals surface area contributed by atoms with E-state index in [1.165, 1.54) is 12.1 Å². The topological polar surface area (TPSA) is 35.2 Å². The molecule has 2 nitrogen and oxygen atoms in total. The second-order valence-corrected chi connectivity index (χ2v) is 6.54. The molecule has 2 aromatic rings. The van der Waals surface area contributed by atoms with Crippen LogP contribution in [0.2, 0.25) is 0 Å². The van der Waals surface area contributed by atoms with Gasteiger partial charge in [0, 0.05) is 6.07 Å². The van der Waals surface area contributed by atoms with E-state index in [-0.39, 0.29) is 5.41 Å². The predicted molar refractivity (Wildman–Crippen MR) is 83.7 cm³/mol. The van der Waals surface area contributed by atoms with E-state index >= 15 is 0 Å². The summed E-state index contributed by atoms with van der Waals surface area (Å²) in [6.45, 7) is 6.37. The molecule has 0 atom stereocenters. The Morgan fingerprint density at radius 3 is 2.50 bits per heavy atom. The highest BCUT2D eigenvalue weighted by Crippen LogP contribution is 2.33. The molecule has 0 spiro atoms. The van der Waals surface area contributed by atoms with Crippen LogP contribution in [0.5, 0.6) is 11.5 Å². The fourth-order valence-corrected chi connectivity index (χ4v) is 2.15. The van der Waals surface area contributed by atoms with Crippen molar-refractivity contribution < 1.29 is 9.13 Å². The molecule has 2 rings (SSSR count). The van der Waals surface area contributed by atoms with E-state index in [4.69, 9.17) is 10.5 Å². The smallest absolute Gasteiger partial charge is 0.153 e. The van der Waals surface area contributed by atoms with Crippen molar-refractivity contribution in [2.45, 2.75) is 26.2 Å². The van der Waals surface area contributed by atoms with Gasteiger partial charge in [0.1, 0.15) is 11.6 Å². The molecule has 20 heavy (non-hydrogen) atoms. The molecule has 0 amide bonds. The summed E-state index contributed by atoms with van der Waals surface area (Å²) >= 11 is 3.09. The first-order valence-corrected chi connectivity index (χ1v) is 7.09. The van der Waals surface area contributed by atoms with Gasteiger partial charge in [-0.05, 0) is 45.1 Å². The number of hydrogen-bond donors (Lipinski definition) is 1. The van der Waals surface area contributed by atoms with Crippen LogP contribution < -0.4 is 10.5 Å². The van der Waals surface area contributed by atoms with Gasteiger partial charge in [-0.3, -0.25) is 0 Å². The van der Waals surface area contributed by atoms with Gasteiger partial charge in [-0.25, -0.2) is 4.39 Å². The van der Waals surface area contributed by atoms with Gasteiger partial charge in [-0.2, -0.15) is 0 Å². The fourth-order valence-electron chi connectivity index (χ4n) is 1.79. The SMILES string of the molecule is CC(C)(C)c1cccc(Oc2cc(F)c(Br)cc2N)c1. The minimum Gasteiger partial charge on any atom is -0.455 e. The van der Waals surface area contributed by atoms with Crippen LogP contribution in [-0.4, -0.2) is 0 Å². The zero-order chi connectivity index (χ0) is 14.9. The van der Waals surface area contributed by atoms with E-state index in [0.717, 1.165) is 5.56 Å². The molecule has 0 bridgehead atoms. The van der Waals surface area contributed by atoms with Crippen molar-refractivity contribution in [3.8, 4) is 11.5 Å². The number of benzene rings is 2.